The maximum absolute atomic E-state index is 13.2. The highest BCUT2D eigenvalue weighted by Crippen LogP contribution is 2.49. The lowest BCUT2D eigenvalue weighted by Crippen LogP contribution is -2.52. The van der Waals surface area contributed by atoms with E-state index in [1.807, 2.05) is 18.2 Å². The molecule has 30 heavy (non-hydrogen) atoms. The van der Waals surface area contributed by atoms with Crippen LogP contribution in [0.3, 0.4) is 0 Å². The summed E-state index contributed by atoms with van der Waals surface area (Å²) in [5.74, 6) is -0.171. The number of piperazine rings is 1. The standard InChI is InChI=1S/C23H26ClFN2O.2ClH/c24-22-3-1-2-21-20(22)16-28-23(21)10-8-19(9-11-23)27-14-12-26(13-15-27)18-6-4-17(25)5-7-18;;/h1-7,19H,8-16H2;2*1H. The van der Waals surface area contributed by atoms with Crippen LogP contribution in [-0.4, -0.2) is 37.1 Å². The Hall–Kier alpha value is -1.04. The molecule has 2 aromatic rings. The molecule has 2 fully saturated rings. The molecule has 0 atom stereocenters. The summed E-state index contributed by atoms with van der Waals surface area (Å²) in [7, 11) is 0. The lowest BCUT2D eigenvalue weighted by atomic mass is 9.77. The smallest absolute Gasteiger partial charge is 0.123 e. The zero-order chi connectivity index (χ0) is 19.1. The molecule has 1 aliphatic carbocycles. The van der Waals surface area contributed by atoms with E-state index in [0.717, 1.165) is 49.7 Å². The minimum absolute atomic E-state index is 0. The van der Waals surface area contributed by atoms with Gasteiger partial charge in [-0.2, -0.15) is 0 Å². The molecule has 0 bridgehead atoms. The van der Waals surface area contributed by atoms with Crippen LogP contribution in [0.2, 0.25) is 5.02 Å². The molecule has 1 saturated heterocycles. The first-order valence-corrected chi connectivity index (χ1v) is 10.7. The molecule has 2 heterocycles. The van der Waals surface area contributed by atoms with Crippen molar-refractivity contribution in [3.8, 4) is 0 Å². The van der Waals surface area contributed by atoms with Gasteiger partial charge in [-0.15, -0.1) is 24.8 Å². The van der Waals surface area contributed by atoms with Gasteiger partial charge in [0, 0.05) is 48.5 Å². The van der Waals surface area contributed by atoms with Gasteiger partial charge in [-0.3, -0.25) is 4.90 Å². The Morgan fingerprint density at radius 1 is 0.933 bits per heavy atom. The third-order valence-electron chi connectivity index (χ3n) is 6.89. The van der Waals surface area contributed by atoms with Crippen LogP contribution in [-0.2, 0) is 16.9 Å². The number of fused-ring (bicyclic) bond motifs is 2. The fourth-order valence-electron chi connectivity index (χ4n) is 5.27. The Morgan fingerprint density at radius 3 is 2.27 bits per heavy atom. The lowest BCUT2D eigenvalue weighted by molar-refractivity contribution is -0.0777. The Labute approximate surface area is 195 Å². The zero-order valence-electron chi connectivity index (χ0n) is 16.9. The predicted octanol–water partition coefficient (Wildman–Crippen LogP) is 5.81. The van der Waals surface area contributed by atoms with E-state index < -0.39 is 0 Å². The number of hydrogen-bond acceptors (Lipinski definition) is 3. The number of nitrogens with zero attached hydrogens (tertiary/aromatic N) is 2. The summed E-state index contributed by atoms with van der Waals surface area (Å²) in [5, 5.41) is 0.841. The first kappa shape index (κ1) is 23.6. The van der Waals surface area contributed by atoms with Crippen LogP contribution in [0.4, 0.5) is 10.1 Å². The maximum atomic E-state index is 13.2. The minimum Gasteiger partial charge on any atom is -0.369 e. The van der Waals surface area contributed by atoms with Crippen LogP contribution in [0.1, 0.15) is 36.8 Å². The normalized spacial score (nSPS) is 26.1. The number of halogens is 4. The van der Waals surface area contributed by atoms with E-state index in [9.17, 15) is 4.39 Å². The maximum Gasteiger partial charge on any atom is 0.123 e. The van der Waals surface area contributed by atoms with Crippen molar-refractivity contribution < 1.29 is 9.13 Å². The summed E-state index contributed by atoms with van der Waals surface area (Å²) in [6, 6.07) is 13.7. The molecule has 7 heteroatoms. The van der Waals surface area contributed by atoms with Gasteiger partial charge >= 0.3 is 0 Å². The van der Waals surface area contributed by atoms with Gasteiger partial charge in [-0.05, 0) is 61.6 Å². The fourth-order valence-corrected chi connectivity index (χ4v) is 5.49. The van der Waals surface area contributed by atoms with Crippen LogP contribution in [0.5, 0.6) is 0 Å². The molecule has 1 spiro atoms. The first-order valence-electron chi connectivity index (χ1n) is 10.3. The van der Waals surface area contributed by atoms with E-state index in [1.54, 1.807) is 12.1 Å². The van der Waals surface area contributed by atoms with Crippen LogP contribution < -0.4 is 4.90 Å². The van der Waals surface area contributed by atoms with Gasteiger partial charge < -0.3 is 9.64 Å². The van der Waals surface area contributed by atoms with E-state index in [2.05, 4.69) is 21.9 Å². The van der Waals surface area contributed by atoms with Crippen molar-refractivity contribution in [3.63, 3.8) is 0 Å². The van der Waals surface area contributed by atoms with Gasteiger partial charge in [0.05, 0.1) is 12.2 Å². The molecule has 0 radical (unpaired) electrons. The summed E-state index contributed by atoms with van der Waals surface area (Å²) < 4.78 is 19.5. The summed E-state index contributed by atoms with van der Waals surface area (Å²) in [4.78, 5) is 5.00. The molecule has 3 nitrogen and oxygen atoms in total. The van der Waals surface area contributed by atoms with Crippen molar-refractivity contribution in [3.05, 3.63) is 64.4 Å². The highest BCUT2D eigenvalue weighted by Gasteiger charge is 2.44. The second kappa shape index (κ2) is 9.62. The average Bonchev–Trinajstić information content (AvgIpc) is 3.09. The van der Waals surface area contributed by atoms with Crippen LogP contribution in [0.25, 0.3) is 0 Å². The van der Waals surface area contributed by atoms with Crippen LogP contribution in [0, 0.1) is 5.82 Å². The van der Waals surface area contributed by atoms with E-state index in [4.69, 9.17) is 16.3 Å². The Bertz CT molecular complexity index is 848. The monoisotopic (exact) mass is 472 g/mol. The number of rotatable bonds is 2. The molecular formula is C23H28Cl3FN2O. The molecule has 0 unspecified atom stereocenters. The largest absolute Gasteiger partial charge is 0.369 e. The van der Waals surface area contributed by atoms with Crippen molar-refractivity contribution in [2.45, 2.75) is 43.9 Å². The highest BCUT2D eigenvalue weighted by atomic mass is 35.5. The van der Waals surface area contributed by atoms with Crippen molar-refractivity contribution in [2.75, 3.05) is 31.1 Å². The summed E-state index contributed by atoms with van der Waals surface area (Å²) in [5.41, 5.74) is 3.51. The molecule has 3 aliphatic rings. The average molecular weight is 474 g/mol. The quantitative estimate of drug-likeness (QED) is 0.547. The zero-order valence-corrected chi connectivity index (χ0v) is 19.2. The molecule has 5 rings (SSSR count). The molecule has 0 aromatic heterocycles. The molecule has 0 amide bonds. The number of hydrogen-bond donors (Lipinski definition) is 0. The van der Waals surface area contributed by atoms with E-state index in [0.29, 0.717) is 12.6 Å². The number of benzene rings is 2. The molecule has 0 N–H and O–H groups in total. The summed E-state index contributed by atoms with van der Waals surface area (Å²) >= 11 is 6.38. The van der Waals surface area contributed by atoms with E-state index in [-0.39, 0.29) is 36.2 Å². The third-order valence-corrected chi connectivity index (χ3v) is 7.24. The van der Waals surface area contributed by atoms with Crippen molar-refractivity contribution >= 4 is 42.1 Å². The van der Waals surface area contributed by atoms with Gasteiger partial charge in [0.15, 0.2) is 0 Å². The fraction of sp³-hybridized carbons (Fsp3) is 0.478. The van der Waals surface area contributed by atoms with Crippen molar-refractivity contribution in [1.29, 1.82) is 0 Å². The van der Waals surface area contributed by atoms with Crippen molar-refractivity contribution in [2.24, 2.45) is 0 Å². The lowest BCUT2D eigenvalue weighted by Gasteiger charge is -2.45. The molecule has 2 aliphatic heterocycles. The Balaban J connectivity index is 0.00000128. The second-order valence-electron chi connectivity index (χ2n) is 8.28. The van der Waals surface area contributed by atoms with Gasteiger partial charge in [0.2, 0.25) is 0 Å². The van der Waals surface area contributed by atoms with Gasteiger partial charge in [0.25, 0.3) is 0 Å². The van der Waals surface area contributed by atoms with Crippen LogP contribution in [0.15, 0.2) is 42.5 Å². The van der Waals surface area contributed by atoms with Crippen LogP contribution >= 0.6 is 36.4 Å². The van der Waals surface area contributed by atoms with Gasteiger partial charge in [0.1, 0.15) is 5.82 Å². The summed E-state index contributed by atoms with van der Waals surface area (Å²) in [6.45, 7) is 4.79. The highest BCUT2D eigenvalue weighted by molar-refractivity contribution is 6.31. The number of ether oxygens (including phenoxy) is 1. The Morgan fingerprint density at radius 2 is 1.60 bits per heavy atom. The van der Waals surface area contributed by atoms with Crippen molar-refractivity contribution in [1.82, 2.24) is 4.90 Å². The van der Waals surface area contributed by atoms with E-state index in [1.165, 1.54) is 24.0 Å². The minimum atomic E-state index is -0.171. The SMILES string of the molecule is Cl.Cl.Fc1ccc(N2CCN(C3CCC4(CC3)OCc3c(Cl)cccc34)CC2)cc1. The molecular weight excluding hydrogens is 446 g/mol. The second-order valence-corrected chi connectivity index (χ2v) is 8.69. The first-order chi connectivity index (χ1) is 13.6. The number of anilines is 1. The topological polar surface area (TPSA) is 15.7 Å². The predicted molar refractivity (Wildman–Crippen MR) is 125 cm³/mol. The van der Waals surface area contributed by atoms with Gasteiger partial charge in [-0.25, -0.2) is 4.39 Å². The van der Waals surface area contributed by atoms with E-state index >= 15 is 0 Å². The third kappa shape index (κ3) is 4.31. The van der Waals surface area contributed by atoms with Gasteiger partial charge in [-0.1, -0.05) is 23.7 Å². The Kier molecular flexibility index (Phi) is 7.57. The molecule has 1 saturated carbocycles. The summed E-state index contributed by atoms with van der Waals surface area (Å²) in [6.07, 6.45) is 4.48. The molecule has 2 aromatic carbocycles. The molecule has 164 valence electrons.